The quantitative estimate of drug-likeness (QED) is 0.320. The lowest BCUT2D eigenvalue weighted by Crippen LogP contribution is -2.33. The summed E-state index contributed by atoms with van der Waals surface area (Å²) in [5.41, 5.74) is 2.53. The van der Waals surface area contributed by atoms with Gasteiger partial charge in [0.15, 0.2) is 6.61 Å². The van der Waals surface area contributed by atoms with Gasteiger partial charge in [-0.25, -0.2) is 4.98 Å². The van der Waals surface area contributed by atoms with Gasteiger partial charge in [0.05, 0.1) is 29.0 Å². The lowest BCUT2D eigenvalue weighted by Gasteiger charge is -2.18. The molecule has 4 rings (SSSR count). The molecule has 1 N–H and O–H groups in total. The average molecular weight is 450 g/mol. The Bertz CT molecular complexity index is 1170. The van der Waals surface area contributed by atoms with E-state index in [0.29, 0.717) is 5.03 Å². The van der Waals surface area contributed by atoms with Crippen molar-refractivity contribution in [2.75, 3.05) is 12.4 Å². The minimum absolute atomic E-state index is 0.0489. The third kappa shape index (κ3) is 5.68. The summed E-state index contributed by atoms with van der Waals surface area (Å²) in [6, 6.07) is 20.8. The lowest BCUT2D eigenvalue weighted by atomic mass is 10.1. The standard InChI is InChI=1S/C23H19N3O3S2/c27-20(26-23(19-11-6-12-30-19)16-7-2-1-3-8-16)14-29-22(28)15-31-21-13-24-17-9-4-5-10-18(17)25-21/h1-13,23H,14-15H2,(H,26,27). The Morgan fingerprint density at radius 2 is 1.77 bits per heavy atom. The highest BCUT2D eigenvalue weighted by Crippen LogP contribution is 2.25. The zero-order valence-corrected chi connectivity index (χ0v) is 18.1. The second kappa shape index (κ2) is 10.2. The molecule has 0 radical (unpaired) electrons. The molecule has 8 heteroatoms. The maximum atomic E-state index is 12.4. The molecule has 4 aromatic rings. The zero-order valence-electron chi connectivity index (χ0n) is 16.4. The number of thioether (sulfide) groups is 1. The van der Waals surface area contributed by atoms with Crippen LogP contribution in [0, 0.1) is 0 Å². The van der Waals surface area contributed by atoms with Crippen LogP contribution in [0.5, 0.6) is 0 Å². The molecule has 0 fully saturated rings. The van der Waals surface area contributed by atoms with Crippen LogP contribution in [0.4, 0.5) is 0 Å². The number of carbonyl (C=O) groups excluding carboxylic acids is 2. The summed E-state index contributed by atoms with van der Waals surface area (Å²) in [7, 11) is 0. The summed E-state index contributed by atoms with van der Waals surface area (Å²) >= 11 is 2.79. The Morgan fingerprint density at radius 1 is 1.00 bits per heavy atom. The summed E-state index contributed by atoms with van der Waals surface area (Å²) in [5.74, 6) is -0.790. The Balaban J connectivity index is 1.29. The number of hydrogen-bond acceptors (Lipinski definition) is 7. The van der Waals surface area contributed by atoms with Crippen LogP contribution in [0.1, 0.15) is 16.5 Å². The number of ether oxygens (including phenoxy) is 1. The highest BCUT2D eigenvalue weighted by Gasteiger charge is 2.18. The second-order valence-corrected chi connectivity index (χ2v) is 8.55. The van der Waals surface area contributed by atoms with E-state index >= 15 is 0 Å². The zero-order chi connectivity index (χ0) is 21.5. The van der Waals surface area contributed by atoms with Crippen molar-refractivity contribution in [3.05, 3.63) is 88.7 Å². The molecular formula is C23H19N3O3S2. The van der Waals surface area contributed by atoms with E-state index in [1.165, 1.54) is 11.8 Å². The third-order valence-corrected chi connectivity index (χ3v) is 6.20. The van der Waals surface area contributed by atoms with E-state index in [4.69, 9.17) is 4.74 Å². The predicted molar refractivity (Wildman–Crippen MR) is 122 cm³/mol. The SMILES string of the molecule is O=C(COC(=O)CSc1cnc2ccccc2n1)NC(c1ccccc1)c1cccs1. The van der Waals surface area contributed by atoms with Gasteiger partial charge in [-0.1, -0.05) is 60.3 Å². The lowest BCUT2D eigenvalue weighted by molar-refractivity contribution is -0.146. The first-order valence-electron chi connectivity index (χ1n) is 9.57. The number of esters is 1. The minimum atomic E-state index is -0.484. The number of benzene rings is 2. The fourth-order valence-corrected chi connectivity index (χ4v) is 4.39. The maximum Gasteiger partial charge on any atom is 0.316 e. The molecular weight excluding hydrogens is 430 g/mol. The Kier molecular flexibility index (Phi) is 6.91. The summed E-state index contributed by atoms with van der Waals surface area (Å²) in [6.45, 7) is -0.336. The Morgan fingerprint density at radius 3 is 2.55 bits per heavy atom. The van der Waals surface area contributed by atoms with Crippen molar-refractivity contribution < 1.29 is 14.3 Å². The van der Waals surface area contributed by atoms with E-state index in [0.717, 1.165) is 21.5 Å². The molecule has 0 spiro atoms. The molecule has 0 saturated carbocycles. The number of para-hydroxylation sites is 2. The molecule has 2 aromatic carbocycles. The van der Waals surface area contributed by atoms with Crippen LogP contribution >= 0.6 is 23.1 Å². The first-order valence-corrected chi connectivity index (χ1v) is 11.4. The van der Waals surface area contributed by atoms with Crippen LogP contribution in [-0.2, 0) is 14.3 Å². The van der Waals surface area contributed by atoms with Crippen LogP contribution in [-0.4, -0.2) is 34.2 Å². The molecule has 0 aliphatic carbocycles. The molecule has 1 amide bonds. The number of fused-ring (bicyclic) bond motifs is 1. The fourth-order valence-electron chi connectivity index (χ4n) is 2.95. The smallest absolute Gasteiger partial charge is 0.316 e. The monoisotopic (exact) mass is 449 g/mol. The number of rotatable bonds is 8. The predicted octanol–water partition coefficient (Wildman–Crippen LogP) is 4.23. The minimum Gasteiger partial charge on any atom is -0.455 e. The average Bonchev–Trinajstić information content (AvgIpc) is 3.35. The van der Waals surface area contributed by atoms with Gasteiger partial charge in [-0.15, -0.1) is 11.3 Å². The van der Waals surface area contributed by atoms with E-state index < -0.39 is 5.97 Å². The number of hydrogen-bond donors (Lipinski definition) is 1. The molecule has 1 unspecified atom stereocenters. The molecule has 156 valence electrons. The first kappa shape index (κ1) is 21.0. The number of thiophene rings is 1. The van der Waals surface area contributed by atoms with Crippen molar-refractivity contribution in [2.45, 2.75) is 11.1 Å². The Hall–Kier alpha value is -3.23. The number of carbonyl (C=O) groups is 2. The largest absolute Gasteiger partial charge is 0.455 e. The Labute approximate surface area is 187 Å². The van der Waals surface area contributed by atoms with E-state index in [-0.39, 0.29) is 24.3 Å². The summed E-state index contributed by atoms with van der Waals surface area (Å²) < 4.78 is 5.15. The fraction of sp³-hybridized carbons (Fsp3) is 0.130. The van der Waals surface area contributed by atoms with Crippen molar-refractivity contribution >= 4 is 46.0 Å². The number of aromatic nitrogens is 2. The summed E-state index contributed by atoms with van der Waals surface area (Å²) in [5, 5.41) is 5.54. The van der Waals surface area contributed by atoms with Crippen LogP contribution in [0.2, 0.25) is 0 Å². The molecule has 31 heavy (non-hydrogen) atoms. The van der Waals surface area contributed by atoms with Gasteiger partial charge in [0.2, 0.25) is 0 Å². The van der Waals surface area contributed by atoms with Gasteiger partial charge in [-0.05, 0) is 29.1 Å². The third-order valence-electron chi connectivity index (χ3n) is 4.39. The summed E-state index contributed by atoms with van der Waals surface area (Å²) in [6.07, 6.45) is 1.62. The van der Waals surface area contributed by atoms with Gasteiger partial charge < -0.3 is 10.1 Å². The van der Waals surface area contributed by atoms with Gasteiger partial charge >= 0.3 is 5.97 Å². The molecule has 0 aliphatic heterocycles. The van der Waals surface area contributed by atoms with Gasteiger partial charge in [0, 0.05) is 4.88 Å². The maximum absolute atomic E-state index is 12.4. The van der Waals surface area contributed by atoms with Crippen LogP contribution in [0.3, 0.4) is 0 Å². The van der Waals surface area contributed by atoms with Crippen molar-refractivity contribution in [1.29, 1.82) is 0 Å². The van der Waals surface area contributed by atoms with Gasteiger partial charge in [-0.3, -0.25) is 14.6 Å². The van der Waals surface area contributed by atoms with Crippen molar-refractivity contribution in [3.8, 4) is 0 Å². The molecule has 0 saturated heterocycles. The van der Waals surface area contributed by atoms with Gasteiger partial charge in [-0.2, -0.15) is 0 Å². The highest BCUT2D eigenvalue weighted by atomic mass is 32.2. The first-order chi connectivity index (χ1) is 15.2. The molecule has 0 aliphatic rings. The molecule has 0 bridgehead atoms. The summed E-state index contributed by atoms with van der Waals surface area (Å²) in [4.78, 5) is 34.3. The van der Waals surface area contributed by atoms with Crippen LogP contribution in [0.15, 0.2) is 83.3 Å². The molecule has 1 atom stereocenters. The highest BCUT2D eigenvalue weighted by molar-refractivity contribution is 7.99. The van der Waals surface area contributed by atoms with Crippen molar-refractivity contribution in [3.63, 3.8) is 0 Å². The van der Waals surface area contributed by atoms with Crippen LogP contribution in [0.25, 0.3) is 11.0 Å². The van der Waals surface area contributed by atoms with E-state index in [1.807, 2.05) is 72.1 Å². The van der Waals surface area contributed by atoms with Gasteiger partial charge in [0.1, 0.15) is 5.03 Å². The number of amides is 1. The number of nitrogens with zero attached hydrogens (tertiary/aromatic N) is 2. The van der Waals surface area contributed by atoms with E-state index in [9.17, 15) is 9.59 Å². The van der Waals surface area contributed by atoms with Gasteiger partial charge in [0.25, 0.3) is 5.91 Å². The van der Waals surface area contributed by atoms with Crippen LogP contribution < -0.4 is 5.32 Å². The number of nitrogens with one attached hydrogen (secondary N) is 1. The van der Waals surface area contributed by atoms with Crippen molar-refractivity contribution in [2.24, 2.45) is 0 Å². The molecule has 2 aromatic heterocycles. The normalized spacial score (nSPS) is 11.7. The van der Waals surface area contributed by atoms with E-state index in [2.05, 4.69) is 15.3 Å². The van der Waals surface area contributed by atoms with Crippen molar-refractivity contribution in [1.82, 2.24) is 15.3 Å². The topological polar surface area (TPSA) is 81.2 Å². The molecule has 6 nitrogen and oxygen atoms in total. The second-order valence-electron chi connectivity index (χ2n) is 6.57. The van der Waals surface area contributed by atoms with E-state index in [1.54, 1.807) is 17.5 Å². The molecule has 2 heterocycles.